The number of rotatable bonds is 7. The van der Waals surface area contributed by atoms with E-state index in [2.05, 4.69) is 21.1 Å². The predicted octanol–water partition coefficient (Wildman–Crippen LogP) is 3.91. The van der Waals surface area contributed by atoms with Crippen molar-refractivity contribution in [3.05, 3.63) is 48.2 Å². The average Bonchev–Trinajstić information content (AvgIpc) is 3.08. The highest BCUT2D eigenvalue weighted by molar-refractivity contribution is 6.06. The van der Waals surface area contributed by atoms with Crippen LogP contribution in [0.5, 0.6) is 5.75 Å². The number of hydrogen-bond acceptors (Lipinski definition) is 6. The van der Waals surface area contributed by atoms with Crippen molar-refractivity contribution < 1.29 is 19.2 Å². The Labute approximate surface area is 175 Å². The molecule has 160 valence electrons. The number of hydrogen-bond donors (Lipinski definition) is 4. The topological polar surface area (TPSA) is 109 Å². The van der Waals surface area contributed by atoms with E-state index >= 15 is 0 Å². The lowest BCUT2D eigenvalue weighted by Gasteiger charge is -2.23. The largest absolute Gasteiger partial charge is 0.490 e. The molecule has 8 heteroatoms. The molecule has 3 rings (SSSR count). The quantitative estimate of drug-likeness (QED) is 0.469. The number of carbonyl (C=O) groups excluding carboxylic acids is 1. The third-order valence-electron chi connectivity index (χ3n) is 4.33. The van der Waals surface area contributed by atoms with Gasteiger partial charge in [-0.25, -0.2) is 4.79 Å². The molecule has 1 unspecified atom stereocenters. The maximum atomic E-state index is 12.3. The van der Waals surface area contributed by atoms with Gasteiger partial charge in [-0.1, -0.05) is 23.4 Å². The minimum absolute atomic E-state index is 0.0903. The van der Waals surface area contributed by atoms with Crippen molar-refractivity contribution in [1.82, 2.24) is 10.5 Å². The van der Waals surface area contributed by atoms with E-state index in [0.29, 0.717) is 40.3 Å². The zero-order chi connectivity index (χ0) is 21.7. The van der Waals surface area contributed by atoms with Gasteiger partial charge in [0.15, 0.2) is 5.58 Å². The van der Waals surface area contributed by atoms with E-state index in [-0.39, 0.29) is 12.1 Å². The molecule has 0 bridgehead atoms. The number of fused-ring (bicyclic) bond motifs is 1. The summed E-state index contributed by atoms with van der Waals surface area (Å²) in [6.07, 6.45) is -0.672. The number of aryl methyl sites for hydroxylation is 1. The number of ether oxygens (including phenoxy) is 1. The Morgan fingerprint density at radius 1 is 1.17 bits per heavy atom. The molecule has 0 aliphatic rings. The van der Waals surface area contributed by atoms with Crippen LogP contribution in [-0.2, 0) is 0 Å². The first kappa shape index (κ1) is 21.6. The number of urea groups is 1. The normalized spacial score (nSPS) is 12.6. The van der Waals surface area contributed by atoms with E-state index < -0.39 is 12.1 Å². The Morgan fingerprint density at radius 3 is 2.60 bits per heavy atom. The van der Waals surface area contributed by atoms with Gasteiger partial charge in [-0.15, -0.1) is 0 Å². The van der Waals surface area contributed by atoms with Crippen LogP contribution in [0.4, 0.5) is 16.2 Å². The fraction of sp³-hybridized carbons (Fsp3) is 0.364. The minimum atomic E-state index is -0.672. The minimum Gasteiger partial charge on any atom is -0.490 e. The van der Waals surface area contributed by atoms with Crippen molar-refractivity contribution in [1.29, 1.82) is 0 Å². The number of aliphatic hydroxyl groups excluding tert-OH is 1. The standard InChI is InChI=1S/C22H28N4O4/c1-14-19-18(29-13-16(27)12-23-22(2,3)4)11-10-17(20(19)30-26-14)25-21(28)24-15-8-6-5-7-9-15/h5-11,16,23,27H,12-13H2,1-4H3,(H2,24,25,28). The van der Waals surface area contributed by atoms with E-state index in [9.17, 15) is 9.90 Å². The van der Waals surface area contributed by atoms with Gasteiger partial charge >= 0.3 is 6.03 Å². The van der Waals surface area contributed by atoms with Gasteiger partial charge in [0.25, 0.3) is 0 Å². The van der Waals surface area contributed by atoms with Gasteiger partial charge < -0.3 is 30.3 Å². The zero-order valence-corrected chi connectivity index (χ0v) is 17.7. The number of nitrogens with zero attached hydrogens (tertiary/aromatic N) is 1. The number of aliphatic hydroxyl groups is 1. The summed E-state index contributed by atoms with van der Waals surface area (Å²) in [6.45, 7) is 8.42. The maximum Gasteiger partial charge on any atom is 0.323 e. The van der Waals surface area contributed by atoms with Crippen LogP contribution in [0.3, 0.4) is 0 Å². The van der Waals surface area contributed by atoms with Crippen molar-refractivity contribution in [2.75, 3.05) is 23.8 Å². The van der Waals surface area contributed by atoms with E-state index in [1.54, 1.807) is 31.2 Å². The van der Waals surface area contributed by atoms with Crippen LogP contribution in [0, 0.1) is 6.92 Å². The fourth-order valence-corrected chi connectivity index (χ4v) is 2.86. The molecular weight excluding hydrogens is 384 g/mol. The smallest absolute Gasteiger partial charge is 0.323 e. The van der Waals surface area contributed by atoms with Gasteiger partial charge in [-0.05, 0) is 52.0 Å². The number of para-hydroxylation sites is 1. The molecule has 8 nitrogen and oxygen atoms in total. The van der Waals surface area contributed by atoms with Crippen LogP contribution in [0.2, 0.25) is 0 Å². The molecule has 1 atom stereocenters. The molecule has 0 aliphatic carbocycles. The molecule has 0 spiro atoms. The van der Waals surface area contributed by atoms with Crippen LogP contribution in [-0.4, -0.2) is 41.1 Å². The second-order valence-corrected chi connectivity index (χ2v) is 8.12. The molecule has 3 aromatic rings. The Kier molecular flexibility index (Phi) is 6.59. The van der Waals surface area contributed by atoms with E-state index in [1.807, 2.05) is 39.0 Å². The molecule has 1 heterocycles. The lowest BCUT2D eigenvalue weighted by Crippen LogP contribution is -2.42. The first-order valence-electron chi connectivity index (χ1n) is 9.81. The first-order valence-corrected chi connectivity index (χ1v) is 9.81. The van der Waals surface area contributed by atoms with Crippen molar-refractivity contribution in [2.45, 2.75) is 39.3 Å². The van der Waals surface area contributed by atoms with Gasteiger partial charge in [-0.3, -0.25) is 0 Å². The van der Waals surface area contributed by atoms with Crippen molar-refractivity contribution >= 4 is 28.4 Å². The number of β-amino-alcohol motifs (C(OH)–C–C–N with tert-alkyl or cyclic N) is 1. The van der Waals surface area contributed by atoms with Crippen molar-refractivity contribution in [2.24, 2.45) is 0 Å². The monoisotopic (exact) mass is 412 g/mol. The summed E-state index contributed by atoms with van der Waals surface area (Å²) in [4.78, 5) is 12.3. The lowest BCUT2D eigenvalue weighted by atomic mass is 10.1. The molecular formula is C22H28N4O4. The summed E-state index contributed by atoms with van der Waals surface area (Å²) in [5, 5.41) is 23.6. The van der Waals surface area contributed by atoms with Crippen LogP contribution >= 0.6 is 0 Å². The van der Waals surface area contributed by atoms with E-state index in [0.717, 1.165) is 0 Å². The molecule has 1 aromatic heterocycles. The van der Waals surface area contributed by atoms with Crippen molar-refractivity contribution in [3.8, 4) is 5.75 Å². The summed E-state index contributed by atoms with van der Waals surface area (Å²) in [5.74, 6) is 0.535. The van der Waals surface area contributed by atoms with Gasteiger partial charge in [0.05, 0.1) is 16.8 Å². The number of anilines is 2. The molecule has 30 heavy (non-hydrogen) atoms. The van der Waals surface area contributed by atoms with E-state index in [1.165, 1.54) is 0 Å². The Bertz CT molecular complexity index is 996. The molecule has 0 aliphatic heterocycles. The molecule has 0 radical (unpaired) electrons. The van der Waals surface area contributed by atoms with Crippen LogP contribution in [0.1, 0.15) is 26.5 Å². The Morgan fingerprint density at radius 2 is 1.90 bits per heavy atom. The van der Waals surface area contributed by atoms with E-state index in [4.69, 9.17) is 9.26 Å². The van der Waals surface area contributed by atoms with Crippen LogP contribution < -0.4 is 20.7 Å². The van der Waals surface area contributed by atoms with Crippen LogP contribution in [0.25, 0.3) is 11.0 Å². The third-order valence-corrected chi connectivity index (χ3v) is 4.33. The number of carbonyl (C=O) groups is 1. The summed E-state index contributed by atoms with van der Waals surface area (Å²) in [6, 6.07) is 12.2. The van der Waals surface area contributed by atoms with Crippen molar-refractivity contribution in [3.63, 3.8) is 0 Å². The SMILES string of the molecule is Cc1noc2c(NC(=O)Nc3ccccc3)ccc(OCC(O)CNC(C)(C)C)c12. The number of aromatic nitrogens is 1. The Balaban J connectivity index is 1.70. The second kappa shape index (κ2) is 9.15. The fourth-order valence-electron chi connectivity index (χ4n) is 2.86. The highest BCUT2D eigenvalue weighted by Gasteiger charge is 2.18. The van der Waals surface area contributed by atoms with Gasteiger partial charge in [0, 0.05) is 17.8 Å². The first-order chi connectivity index (χ1) is 14.2. The summed E-state index contributed by atoms with van der Waals surface area (Å²) >= 11 is 0. The average molecular weight is 412 g/mol. The zero-order valence-electron chi connectivity index (χ0n) is 17.7. The van der Waals surface area contributed by atoms with Gasteiger partial charge in [0.2, 0.25) is 0 Å². The third kappa shape index (κ3) is 5.71. The molecule has 2 aromatic carbocycles. The summed E-state index contributed by atoms with van der Waals surface area (Å²) < 4.78 is 11.2. The summed E-state index contributed by atoms with van der Waals surface area (Å²) in [7, 11) is 0. The molecule has 4 N–H and O–H groups in total. The molecule has 0 saturated carbocycles. The maximum absolute atomic E-state index is 12.3. The highest BCUT2D eigenvalue weighted by Crippen LogP contribution is 2.34. The Hall–Kier alpha value is -3.10. The molecule has 0 saturated heterocycles. The van der Waals surface area contributed by atoms with Gasteiger partial charge in [0.1, 0.15) is 18.5 Å². The molecule has 0 fully saturated rings. The van der Waals surface area contributed by atoms with Crippen LogP contribution in [0.15, 0.2) is 47.0 Å². The second-order valence-electron chi connectivity index (χ2n) is 8.12. The number of nitrogens with one attached hydrogen (secondary N) is 3. The number of amides is 2. The predicted molar refractivity (Wildman–Crippen MR) is 117 cm³/mol. The highest BCUT2D eigenvalue weighted by atomic mass is 16.5. The summed E-state index contributed by atoms with van der Waals surface area (Å²) in [5.41, 5.74) is 2.11. The van der Waals surface area contributed by atoms with Gasteiger partial charge in [-0.2, -0.15) is 0 Å². The lowest BCUT2D eigenvalue weighted by molar-refractivity contribution is 0.101. The molecule has 2 amide bonds. The number of benzene rings is 2.